The Hall–Kier alpha value is -2.41. The Balaban J connectivity index is 1.85. The standard InChI is InChI=1S/C20H29N5O2/c1-4-5-10-23(3)20(27)18-16(25-11-7-6-8-17(25)22-18)14-24-12-9-15(13-24)19(26)21-2/h6-8,11,15H,4-5,9-10,12-14H2,1-3H3,(H,21,26). The number of nitrogens with one attached hydrogen (secondary N) is 1. The Morgan fingerprint density at radius 2 is 2.19 bits per heavy atom. The number of amides is 2. The summed E-state index contributed by atoms with van der Waals surface area (Å²) in [6, 6.07) is 5.80. The van der Waals surface area contributed by atoms with Gasteiger partial charge in [0.05, 0.1) is 11.6 Å². The molecule has 2 amide bonds. The van der Waals surface area contributed by atoms with Crippen molar-refractivity contribution in [3.63, 3.8) is 0 Å². The van der Waals surface area contributed by atoms with Crippen LogP contribution in [0, 0.1) is 5.92 Å². The van der Waals surface area contributed by atoms with Gasteiger partial charge in [0.15, 0.2) is 5.69 Å². The van der Waals surface area contributed by atoms with Gasteiger partial charge in [-0.2, -0.15) is 0 Å². The van der Waals surface area contributed by atoms with Gasteiger partial charge in [-0.15, -0.1) is 0 Å². The average molecular weight is 371 g/mol. The van der Waals surface area contributed by atoms with Crippen molar-refractivity contribution in [2.45, 2.75) is 32.7 Å². The average Bonchev–Trinajstić information content (AvgIpc) is 3.30. The number of carbonyl (C=O) groups excluding carboxylic acids is 2. The fourth-order valence-electron chi connectivity index (χ4n) is 3.65. The van der Waals surface area contributed by atoms with E-state index in [0.29, 0.717) is 18.8 Å². The maximum Gasteiger partial charge on any atom is 0.274 e. The molecule has 27 heavy (non-hydrogen) atoms. The lowest BCUT2D eigenvalue weighted by atomic mass is 10.1. The van der Waals surface area contributed by atoms with E-state index in [2.05, 4.69) is 22.1 Å². The Morgan fingerprint density at radius 3 is 2.93 bits per heavy atom. The third kappa shape index (κ3) is 4.13. The van der Waals surface area contributed by atoms with E-state index in [1.165, 1.54) is 0 Å². The number of hydrogen-bond donors (Lipinski definition) is 1. The number of imidazole rings is 1. The second kappa shape index (κ2) is 8.52. The fourth-order valence-corrected chi connectivity index (χ4v) is 3.65. The minimum atomic E-state index is -0.0378. The normalized spacial score (nSPS) is 17.4. The van der Waals surface area contributed by atoms with Crippen LogP contribution in [0.4, 0.5) is 0 Å². The molecule has 0 saturated carbocycles. The lowest BCUT2D eigenvalue weighted by molar-refractivity contribution is -0.124. The van der Waals surface area contributed by atoms with Gasteiger partial charge in [0.2, 0.25) is 5.91 Å². The van der Waals surface area contributed by atoms with Gasteiger partial charge in [-0.25, -0.2) is 4.98 Å². The molecule has 0 aliphatic carbocycles. The first-order chi connectivity index (χ1) is 13.0. The number of pyridine rings is 1. The van der Waals surface area contributed by atoms with Crippen LogP contribution in [0.15, 0.2) is 24.4 Å². The second-order valence-electron chi connectivity index (χ2n) is 7.25. The highest BCUT2D eigenvalue weighted by molar-refractivity contribution is 5.94. The van der Waals surface area contributed by atoms with Gasteiger partial charge in [-0.1, -0.05) is 19.4 Å². The van der Waals surface area contributed by atoms with Crippen LogP contribution in [0.3, 0.4) is 0 Å². The number of hydrogen-bond acceptors (Lipinski definition) is 4. The van der Waals surface area contributed by atoms with E-state index in [1.807, 2.05) is 35.8 Å². The SMILES string of the molecule is CCCCN(C)C(=O)c1nc2ccccn2c1CN1CCC(C(=O)NC)C1. The largest absolute Gasteiger partial charge is 0.359 e. The molecule has 1 N–H and O–H groups in total. The zero-order chi connectivity index (χ0) is 19.4. The number of unbranched alkanes of at least 4 members (excludes halogenated alkanes) is 1. The molecular formula is C20H29N5O2. The molecule has 3 rings (SSSR count). The molecule has 0 bridgehead atoms. The van der Waals surface area contributed by atoms with Crippen LogP contribution in [-0.4, -0.2) is 64.7 Å². The van der Waals surface area contributed by atoms with Crippen molar-refractivity contribution in [2.75, 3.05) is 33.7 Å². The maximum atomic E-state index is 13.0. The van der Waals surface area contributed by atoms with Gasteiger partial charge in [-0.3, -0.25) is 14.5 Å². The Bertz CT molecular complexity index is 816. The van der Waals surface area contributed by atoms with Crippen LogP contribution in [0.5, 0.6) is 0 Å². The highest BCUT2D eigenvalue weighted by Crippen LogP contribution is 2.22. The third-order valence-corrected chi connectivity index (χ3v) is 5.29. The van der Waals surface area contributed by atoms with E-state index in [4.69, 9.17) is 0 Å². The molecule has 3 heterocycles. The van der Waals surface area contributed by atoms with Crippen LogP contribution >= 0.6 is 0 Å². The maximum absolute atomic E-state index is 13.0. The predicted molar refractivity (Wildman–Crippen MR) is 105 cm³/mol. The van der Waals surface area contributed by atoms with Crippen molar-refractivity contribution in [1.82, 2.24) is 24.5 Å². The Kier molecular flexibility index (Phi) is 6.11. The molecule has 0 radical (unpaired) electrons. The first kappa shape index (κ1) is 19.4. The molecule has 1 fully saturated rings. The van der Waals surface area contributed by atoms with Gasteiger partial charge >= 0.3 is 0 Å². The van der Waals surface area contributed by atoms with E-state index < -0.39 is 0 Å². The highest BCUT2D eigenvalue weighted by atomic mass is 16.2. The number of carbonyl (C=O) groups is 2. The molecule has 1 atom stereocenters. The van der Waals surface area contributed by atoms with Crippen molar-refractivity contribution < 1.29 is 9.59 Å². The predicted octanol–water partition coefficient (Wildman–Crippen LogP) is 1.77. The Labute approximate surface area is 160 Å². The highest BCUT2D eigenvalue weighted by Gasteiger charge is 2.30. The van der Waals surface area contributed by atoms with Crippen LogP contribution in [-0.2, 0) is 11.3 Å². The monoisotopic (exact) mass is 371 g/mol. The summed E-state index contributed by atoms with van der Waals surface area (Å²) in [5.41, 5.74) is 2.20. The molecule has 1 unspecified atom stereocenters. The van der Waals surface area contributed by atoms with Crippen molar-refractivity contribution in [3.8, 4) is 0 Å². The summed E-state index contributed by atoms with van der Waals surface area (Å²) in [7, 11) is 3.52. The first-order valence-electron chi connectivity index (χ1n) is 9.70. The zero-order valence-electron chi connectivity index (χ0n) is 16.4. The second-order valence-corrected chi connectivity index (χ2v) is 7.25. The van der Waals surface area contributed by atoms with Crippen LogP contribution in [0.25, 0.3) is 5.65 Å². The van der Waals surface area contributed by atoms with Crippen LogP contribution in [0.1, 0.15) is 42.4 Å². The summed E-state index contributed by atoms with van der Waals surface area (Å²) < 4.78 is 1.99. The minimum Gasteiger partial charge on any atom is -0.359 e. The third-order valence-electron chi connectivity index (χ3n) is 5.29. The lowest BCUT2D eigenvalue weighted by Gasteiger charge is -2.19. The summed E-state index contributed by atoms with van der Waals surface area (Å²) >= 11 is 0. The number of rotatable bonds is 7. The molecule has 7 heteroatoms. The quantitative estimate of drug-likeness (QED) is 0.805. The van der Waals surface area contributed by atoms with E-state index >= 15 is 0 Å². The van der Waals surface area contributed by atoms with Crippen molar-refractivity contribution >= 4 is 17.5 Å². The number of aromatic nitrogens is 2. The van der Waals surface area contributed by atoms with Gasteiger partial charge in [0.25, 0.3) is 5.91 Å². The molecule has 1 aliphatic heterocycles. The topological polar surface area (TPSA) is 70.0 Å². The smallest absolute Gasteiger partial charge is 0.274 e. The number of nitrogens with zero attached hydrogens (tertiary/aromatic N) is 4. The first-order valence-corrected chi connectivity index (χ1v) is 9.70. The molecule has 2 aromatic rings. The van der Waals surface area contributed by atoms with Crippen molar-refractivity contribution in [2.24, 2.45) is 5.92 Å². The summed E-state index contributed by atoms with van der Waals surface area (Å²) in [5.74, 6) is 0.0657. The number of likely N-dealkylation sites (tertiary alicyclic amines) is 1. The molecule has 146 valence electrons. The van der Waals surface area contributed by atoms with Crippen molar-refractivity contribution in [3.05, 3.63) is 35.8 Å². The molecule has 1 aliphatic rings. The molecule has 0 spiro atoms. The van der Waals surface area contributed by atoms with Crippen LogP contribution in [0.2, 0.25) is 0 Å². The van der Waals surface area contributed by atoms with Gasteiger partial charge in [0, 0.05) is 39.9 Å². The Morgan fingerprint density at radius 1 is 1.37 bits per heavy atom. The molecule has 0 aromatic carbocycles. The zero-order valence-corrected chi connectivity index (χ0v) is 16.4. The molecule has 7 nitrogen and oxygen atoms in total. The summed E-state index contributed by atoms with van der Waals surface area (Å²) in [5, 5.41) is 2.74. The van der Waals surface area contributed by atoms with Gasteiger partial charge in [-0.05, 0) is 31.5 Å². The van der Waals surface area contributed by atoms with Gasteiger partial charge in [0.1, 0.15) is 5.65 Å². The summed E-state index contributed by atoms with van der Waals surface area (Å²) in [6.07, 6.45) is 4.82. The summed E-state index contributed by atoms with van der Waals surface area (Å²) in [4.78, 5) is 33.5. The number of fused-ring (bicyclic) bond motifs is 1. The summed E-state index contributed by atoms with van der Waals surface area (Å²) in [6.45, 7) is 5.01. The van der Waals surface area contributed by atoms with E-state index in [0.717, 1.165) is 43.7 Å². The lowest BCUT2D eigenvalue weighted by Crippen LogP contribution is -2.31. The molecule has 2 aromatic heterocycles. The minimum absolute atomic E-state index is 0.0144. The molecule has 1 saturated heterocycles. The van der Waals surface area contributed by atoms with E-state index in [-0.39, 0.29) is 17.7 Å². The van der Waals surface area contributed by atoms with Gasteiger partial charge < -0.3 is 14.6 Å². The van der Waals surface area contributed by atoms with E-state index in [9.17, 15) is 9.59 Å². The van der Waals surface area contributed by atoms with Crippen LogP contribution < -0.4 is 5.32 Å². The van der Waals surface area contributed by atoms with E-state index in [1.54, 1.807) is 11.9 Å². The van der Waals surface area contributed by atoms with Crippen molar-refractivity contribution in [1.29, 1.82) is 0 Å². The molecular weight excluding hydrogens is 342 g/mol. The fraction of sp³-hybridized carbons (Fsp3) is 0.550.